The van der Waals surface area contributed by atoms with Crippen LogP contribution in [-0.4, -0.2) is 17.5 Å². The normalized spacial score (nSPS) is 16.0. The monoisotopic (exact) mass is 390 g/mol. The molecule has 1 unspecified atom stereocenters. The minimum Gasteiger partial charge on any atom is -0.312 e. The standard InChI is InChI=1S/C24H26N2OS/c1-4-20-17(3)28-23-21(20)14-15-26(22(23)18-8-6-5-7-9-18)24(27)25-19-12-10-16(2)11-13-19/h5-13,22H,4,14-15H2,1-3H3,(H,25,27). The molecule has 0 fully saturated rings. The molecule has 0 bridgehead atoms. The lowest BCUT2D eigenvalue weighted by Gasteiger charge is -2.36. The van der Waals surface area contributed by atoms with Gasteiger partial charge in [0.25, 0.3) is 0 Å². The van der Waals surface area contributed by atoms with E-state index in [2.05, 4.69) is 43.4 Å². The van der Waals surface area contributed by atoms with Crippen LogP contribution < -0.4 is 5.32 Å². The molecule has 0 aliphatic carbocycles. The molecule has 4 rings (SSSR count). The molecule has 2 amide bonds. The highest BCUT2D eigenvalue weighted by Gasteiger charge is 2.35. The summed E-state index contributed by atoms with van der Waals surface area (Å²) in [6, 6.07) is 18.3. The van der Waals surface area contributed by atoms with Gasteiger partial charge in [0.1, 0.15) is 0 Å². The van der Waals surface area contributed by atoms with E-state index in [4.69, 9.17) is 0 Å². The number of carbonyl (C=O) groups is 1. The molecule has 1 aromatic heterocycles. The highest BCUT2D eigenvalue weighted by Crippen LogP contribution is 2.42. The van der Waals surface area contributed by atoms with Gasteiger partial charge in [0.2, 0.25) is 0 Å². The smallest absolute Gasteiger partial charge is 0.312 e. The van der Waals surface area contributed by atoms with E-state index in [0.717, 1.165) is 25.1 Å². The quantitative estimate of drug-likeness (QED) is 0.575. The van der Waals surface area contributed by atoms with Gasteiger partial charge in [-0.05, 0) is 55.5 Å². The minimum absolute atomic E-state index is 0.0283. The van der Waals surface area contributed by atoms with Gasteiger partial charge in [-0.2, -0.15) is 0 Å². The van der Waals surface area contributed by atoms with E-state index in [0.29, 0.717) is 0 Å². The van der Waals surface area contributed by atoms with Crippen LogP contribution in [0.5, 0.6) is 0 Å². The van der Waals surface area contributed by atoms with E-state index in [-0.39, 0.29) is 12.1 Å². The van der Waals surface area contributed by atoms with Crippen LogP contribution in [0.15, 0.2) is 54.6 Å². The molecule has 28 heavy (non-hydrogen) atoms. The lowest BCUT2D eigenvalue weighted by Crippen LogP contribution is -2.42. The number of anilines is 1. The fourth-order valence-corrected chi connectivity index (χ4v) is 5.57. The SMILES string of the molecule is CCc1c(C)sc2c1CCN(C(=O)Nc1ccc(C)cc1)C2c1ccccc1. The fourth-order valence-electron chi connectivity index (χ4n) is 4.13. The molecule has 0 saturated carbocycles. The zero-order valence-electron chi connectivity index (χ0n) is 16.7. The molecule has 0 radical (unpaired) electrons. The predicted molar refractivity (Wildman–Crippen MR) is 117 cm³/mol. The molecular weight excluding hydrogens is 364 g/mol. The Kier molecular flexibility index (Phi) is 5.23. The van der Waals surface area contributed by atoms with Crippen molar-refractivity contribution in [3.63, 3.8) is 0 Å². The van der Waals surface area contributed by atoms with Crippen molar-refractivity contribution in [2.24, 2.45) is 0 Å². The summed E-state index contributed by atoms with van der Waals surface area (Å²) in [7, 11) is 0. The summed E-state index contributed by atoms with van der Waals surface area (Å²) >= 11 is 1.85. The first-order chi connectivity index (χ1) is 13.6. The maximum absolute atomic E-state index is 13.2. The molecule has 1 atom stereocenters. The second-order valence-electron chi connectivity index (χ2n) is 7.39. The van der Waals surface area contributed by atoms with Gasteiger partial charge in [0, 0.05) is 22.0 Å². The third-order valence-corrected chi connectivity index (χ3v) is 6.79. The summed E-state index contributed by atoms with van der Waals surface area (Å²) in [5.41, 5.74) is 6.12. The highest BCUT2D eigenvalue weighted by molar-refractivity contribution is 7.12. The molecule has 3 nitrogen and oxygen atoms in total. The van der Waals surface area contributed by atoms with Crippen LogP contribution in [-0.2, 0) is 12.8 Å². The summed E-state index contributed by atoms with van der Waals surface area (Å²) < 4.78 is 0. The van der Waals surface area contributed by atoms with Crippen LogP contribution in [0.1, 0.15) is 45.0 Å². The van der Waals surface area contributed by atoms with Crippen molar-refractivity contribution in [1.82, 2.24) is 4.90 Å². The Bertz CT molecular complexity index is 976. The Morgan fingerprint density at radius 1 is 1.11 bits per heavy atom. The minimum atomic E-state index is -0.0348. The largest absolute Gasteiger partial charge is 0.322 e. The number of urea groups is 1. The van der Waals surface area contributed by atoms with Crippen LogP contribution in [0, 0.1) is 13.8 Å². The molecule has 1 aliphatic rings. The Morgan fingerprint density at radius 2 is 1.82 bits per heavy atom. The fraction of sp³-hybridized carbons (Fsp3) is 0.292. The number of amides is 2. The van der Waals surface area contributed by atoms with Gasteiger partial charge in [-0.1, -0.05) is 55.0 Å². The number of fused-ring (bicyclic) bond motifs is 1. The average Bonchev–Trinajstić information content (AvgIpc) is 3.04. The van der Waals surface area contributed by atoms with Crippen LogP contribution in [0.4, 0.5) is 10.5 Å². The lowest BCUT2D eigenvalue weighted by atomic mass is 9.92. The molecule has 2 heterocycles. The van der Waals surface area contributed by atoms with Crippen molar-refractivity contribution in [2.45, 2.75) is 39.7 Å². The van der Waals surface area contributed by atoms with E-state index >= 15 is 0 Å². The van der Waals surface area contributed by atoms with Gasteiger partial charge in [-0.25, -0.2) is 4.79 Å². The Labute approximate surface area is 171 Å². The van der Waals surface area contributed by atoms with Crippen molar-refractivity contribution in [1.29, 1.82) is 0 Å². The third kappa shape index (κ3) is 3.45. The van der Waals surface area contributed by atoms with Gasteiger partial charge < -0.3 is 10.2 Å². The molecule has 0 spiro atoms. The summed E-state index contributed by atoms with van der Waals surface area (Å²) in [5, 5.41) is 3.10. The van der Waals surface area contributed by atoms with E-state index < -0.39 is 0 Å². The second-order valence-corrected chi connectivity index (χ2v) is 8.64. The highest BCUT2D eigenvalue weighted by atomic mass is 32.1. The second kappa shape index (κ2) is 7.80. The van der Waals surface area contributed by atoms with Crippen molar-refractivity contribution >= 4 is 23.1 Å². The lowest BCUT2D eigenvalue weighted by molar-refractivity contribution is 0.195. The molecule has 3 aromatic rings. The maximum Gasteiger partial charge on any atom is 0.322 e. The van der Waals surface area contributed by atoms with Gasteiger partial charge in [0.05, 0.1) is 6.04 Å². The first-order valence-corrected chi connectivity index (χ1v) is 10.7. The number of aryl methyl sites for hydroxylation is 2. The first kappa shape index (κ1) is 18.8. The zero-order chi connectivity index (χ0) is 19.7. The zero-order valence-corrected chi connectivity index (χ0v) is 17.5. The van der Waals surface area contributed by atoms with E-state index in [1.165, 1.54) is 32.0 Å². The number of hydrogen-bond donors (Lipinski definition) is 1. The van der Waals surface area contributed by atoms with Crippen molar-refractivity contribution in [3.8, 4) is 0 Å². The number of carbonyl (C=O) groups excluding carboxylic acids is 1. The van der Waals surface area contributed by atoms with Gasteiger partial charge in [0.15, 0.2) is 0 Å². The van der Waals surface area contributed by atoms with Gasteiger partial charge in [-0.3, -0.25) is 0 Å². The number of thiophene rings is 1. The molecule has 4 heteroatoms. The average molecular weight is 391 g/mol. The van der Waals surface area contributed by atoms with Gasteiger partial charge in [-0.15, -0.1) is 11.3 Å². The van der Waals surface area contributed by atoms with Crippen LogP contribution in [0.3, 0.4) is 0 Å². The van der Waals surface area contributed by atoms with Crippen LogP contribution >= 0.6 is 11.3 Å². The topological polar surface area (TPSA) is 32.3 Å². The van der Waals surface area contributed by atoms with Crippen molar-refractivity contribution in [3.05, 3.63) is 86.6 Å². The molecule has 144 valence electrons. The number of nitrogens with zero attached hydrogens (tertiary/aromatic N) is 1. The number of benzene rings is 2. The first-order valence-electron chi connectivity index (χ1n) is 9.88. The number of hydrogen-bond acceptors (Lipinski definition) is 2. The summed E-state index contributed by atoms with van der Waals surface area (Å²) in [4.78, 5) is 17.9. The molecule has 1 aliphatic heterocycles. The van der Waals surface area contributed by atoms with Crippen LogP contribution in [0.2, 0.25) is 0 Å². The summed E-state index contributed by atoms with van der Waals surface area (Å²) in [5.74, 6) is 0. The van der Waals surface area contributed by atoms with Gasteiger partial charge >= 0.3 is 6.03 Å². The van der Waals surface area contributed by atoms with Crippen molar-refractivity contribution < 1.29 is 4.79 Å². The summed E-state index contributed by atoms with van der Waals surface area (Å²) in [6.45, 7) is 7.21. The van der Waals surface area contributed by atoms with Crippen molar-refractivity contribution in [2.75, 3.05) is 11.9 Å². The number of nitrogens with one attached hydrogen (secondary N) is 1. The van der Waals surface area contributed by atoms with E-state index in [9.17, 15) is 4.79 Å². The Hall–Kier alpha value is -2.59. The summed E-state index contributed by atoms with van der Waals surface area (Å²) in [6.07, 6.45) is 1.97. The Balaban J connectivity index is 1.71. The molecule has 0 saturated heterocycles. The third-order valence-electron chi connectivity index (χ3n) is 5.55. The molecular formula is C24H26N2OS. The predicted octanol–water partition coefficient (Wildman–Crippen LogP) is 6.11. The number of rotatable bonds is 3. The molecule has 1 N–H and O–H groups in total. The van der Waals surface area contributed by atoms with E-state index in [1.807, 2.05) is 53.5 Å². The Morgan fingerprint density at radius 3 is 2.50 bits per heavy atom. The maximum atomic E-state index is 13.2. The molecule has 2 aromatic carbocycles. The van der Waals surface area contributed by atoms with E-state index in [1.54, 1.807) is 0 Å². The van der Waals surface area contributed by atoms with Crippen LogP contribution in [0.25, 0.3) is 0 Å².